The lowest BCUT2D eigenvalue weighted by Crippen LogP contribution is -2.48. The molecule has 7 nitrogen and oxygen atoms in total. The van der Waals surface area contributed by atoms with Crippen LogP contribution in [0.3, 0.4) is 0 Å². The second kappa shape index (κ2) is 9.89. The lowest BCUT2D eigenvalue weighted by Gasteiger charge is -2.33. The Labute approximate surface area is 201 Å². The maximum Gasteiger partial charge on any atom is 0.243 e. The Morgan fingerprint density at radius 3 is 2.33 bits per heavy atom. The first-order valence-corrected chi connectivity index (χ1v) is 13.2. The van der Waals surface area contributed by atoms with E-state index in [2.05, 4.69) is 23.8 Å². The molecule has 3 aromatic rings. The van der Waals surface area contributed by atoms with Crippen LogP contribution in [0.1, 0.15) is 37.3 Å². The number of aryl methyl sites for hydroxylation is 1. The summed E-state index contributed by atoms with van der Waals surface area (Å²) in [6, 6.07) is 15.4. The molecule has 1 aliphatic heterocycles. The van der Waals surface area contributed by atoms with Gasteiger partial charge in [-0.05, 0) is 60.8 Å². The topological polar surface area (TPSA) is 63.4 Å². The smallest absolute Gasteiger partial charge is 0.243 e. The maximum absolute atomic E-state index is 13.1. The maximum atomic E-state index is 13.1. The summed E-state index contributed by atoms with van der Waals surface area (Å²) in [7, 11) is -3.49. The van der Waals surface area contributed by atoms with Gasteiger partial charge in [-0.1, -0.05) is 44.2 Å². The SMILES string of the molecule is CCC(C)c1ccc(S(=O)(=O)N2CCN(Cn3ncn(-c4ccccc4C)c3=S)CC2)cc1. The average molecular weight is 486 g/mol. The molecule has 1 aliphatic rings. The van der Waals surface area contributed by atoms with Gasteiger partial charge in [-0.2, -0.15) is 9.40 Å². The molecule has 0 N–H and O–H groups in total. The number of aromatic nitrogens is 3. The molecule has 1 fully saturated rings. The molecule has 1 saturated heterocycles. The Bertz CT molecular complexity index is 1260. The predicted molar refractivity (Wildman–Crippen MR) is 133 cm³/mol. The number of benzene rings is 2. The second-order valence-electron chi connectivity index (χ2n) is 8.61. The lowest BCUT2D eigenvalue weighted by molar-refractivity contribution is 0.144. The Hall–Kier alpha value is -2.33. The Morgan fingerprint density at radius 2 is 1.70 bits per heavy atom. The van der Waals surface area contributed by atoms with E-state index in [0.717, 1.165) is 17.7 Å². The predicted octanol–water partition coefficient (Wildman–Crippen LogP) is 4.19. The molecule has 2 heterocycles. The summed E-state index contributed by atoms with van der Waals surface area (Å²) < 4.78 is 32.1. The van der Waals surface area contributed by atoms with Crippen LogP contribution < -0.4 is 0 Å². The fraction of sp³-hybridized carbons (Fsp3) is 0.417. The largest absolute Gasteiger partial charge is 0.282 e. The van der Waals surface area contributed by atoms with E-state index in [1.807, 2.05) is 47.9 Å². The van der Waals surface area contributed by atoms with Gasteiger partial charge in [0.1, 0.15) is 6.33 Å². The minimum Gasteiger partial charge on any atom is -0.282 e. The van der Waals surface area contributed by atoms with Crippen LogP contribution >= 0.6 is 12.2 Å². The number of sulfonamides is 1. The highest BCUT2D eigenvalue weighted by Gasteiger charge is 2.28. The van der Waals surface area contributed by atoms with Gasteiger partial charge in [-0.3, -0.25) is 9.47 Å². The third-order valence-electron chi connectivity index (χ3n) is 6.47. The van der Waals surface area contributed by atoms with Crippen LogP contribution in [-0.4, -0.2) is 58.1 Å². The van der Waals surface area contributed by atoms with E-state index in [0.29, 0.717) is 48.4 Å². The second-order valence-corrected chi connectivity index (χ2v) is 10.9. The van der Waals surface area contributed by atoms with Crippen LogP contribution in [0.5, 0.6) is 0 Å². The molecule has 4 rings (SSSR count). The summed E-state index contributed by atoms with van der Waals surface area (Å²) in [5.41, 5.74) is 3.32. The van der Waals surface area contributed by atoms with Gasteiger partial charge in [-0.25, -0.2) is 13.1 Å². The quantitative estimate of drug-likeness (QED) is 0.470. The van der Waals surface area contributed by atoms with Crippen molar-refractivity contribution < 1.29 is 8.42 Å². The Balaban J connectivity index is 1.40. The van der Waals surface area contributed by atoms with Gasteiger partial charge in [0, 0.05) is 26.2 Å². The third-order valence-corrected chi connectivity index (χ3v) is 8.79. The summed E-state index contributed by atoms with van der Waals surface area (Å²) in [6.45, 7) is 9.02. The van der Waals surface area contributed by atoms with Crippen molar-refractivity contribution in [2.24, 2.45) is 0 Å². The summed E-state index contributed by atoms with van der Waals surface area (Å²) >= 11 is 5.65. The van der Waals surface area contributed by atoms with Gasteiger partial charge >= 0.3 is 0 Å². The first kappa shape index (κ1) is 23.8. The molecule has 0 aliphatic carbocycles. The van der Waals surface area contributed by atoms with Crippen LogP contribution in [0.25, 0.3) is 5.69 Å². The molecule has 1 aromatic heterocycles. The zero-order valence-corrected chi connectivity index (χ0v) is 21.0. The molecule has 33 heavy (non-hydrogen) atoms. The van der Waals surface area contributed by atoms with Crippen LogP contribution in [-0.2, 0) is 16.7 Å². The van der Waals surface area contributed by atoms with Crippen LogP contribution in [0.15, 0.2) is 59.8 Å². The standard InChI is InChI=1S/C24H31N5O2S2/c1-4-19(2)21-9-11-22(12-10-21)33(30,31)27-15-13-26(14-16-27)18-29-24(32)28(17-25-29)23-8-6-5-7-20(23)3/h5-12,17,19H,4,13-16,18H2,1-3H3. The van der Waals surface area contributed by atoms with E-state index in [1.165, 1.54) is 5.56 Å². The van der Waals surface area contributed by atoms with Crippen LogP contribution in [0, 0.1) is 11.7 Å². The highest BCUT2D eigenvalue weighted by molar-refractivity contribution is 7.89. The number of hydrogen-bond donors (Lipinski definition) is 0. The number of para-hydroxylation sites is 1. The van der Waals surface area contributed by atoms with E-state index < -0.39 is 10.0 Å². The Kier molecular flexibility index (Phi) is 7.13. The van der Waals surface area contributed by atoms with E-state index >= 15 is 0 Å². The zero-order chi connectivity index (χ0) is 23.6. The minimum absolute atomic E-state index is 0.363. The van der Waals surface area contributed by atoms with Crippen LogP contribution in [0.4, 0.5) is 0 Å². The highest BCUT2D eigenvalue weighted by Crippen LogP contribution is 2.23. The number of piperazine rings is 1. The van der Waals surface area contributed by atoms with Crippen molar-refractivity contribution >= 4 is 22.2 Å². The molecule has 0 bridgehead atoms. The zero-order valence-electron chi connectivity index (χ0n) is 19.4. The molecule has 176 valence electrons. The Morgan fingerprint density at radius 1 is 1.03 bits per heavy atom. The highest BCUT2D eigenvalue weighted by atomic mass is 32.2. The van der Waals surface area contributed by atoms with Crippen molar-refractivity contribution in [1.82, 2.24) is 23.6 Å². The van der Waals surface area contributed by atoms with Gasteiger partial charge in [0.05, 0.1) is 17.3 Å². The van der Waals surface area contributed by atoms with E-state index in [-0.39, 0.29) is 0 Å². The molecular formula is C24H31N5O2S2. The van der Waals surface area contributed by atoms with Crippen molar-refractivity contribution in [2.75, 3.05) is 26.2 Å². The molecule has 0 saturated carbocycles. The summed E-state index contributed by atoms with van der Waals surface area (Å²) in [5.74, 6) is 0.423. The summed E-state index contributed by atoms with van der Waals surface area (Å²) in [5, 5.41) is 4.47. The van der Waals surface area contributed by atoms with Gasteiger partial charge in [0.2, 0.25) is 14.8 Å². The first-order valence-electron chi connectivity index (χ1n) is 11.3. The van der Waals surface area contributed by atoms with E-state index in [1.54, 1.807) is 27.4 Å². The van der Waals surface area contributed by atoms with Crippen molar-refractivity contribution in [1.29, 1.82) is 0 Å². The van der Waals surface area contributed by atoms with Gasteiger partial charge in [0.15, 0.2) is 0 Å². The summed E-state index contributed by atoms with van der Waals surface area (Å²) in [6.07, 6.45) is 2.77. The molecule has 0 amide bonds. The minimum atomic E-state index is -3.49. The van der Waals surface area contributed by atoms with Crippen LogP contribution in [0.2, 0.25) is 0 Å². The fourth-order valence-electron chi connectivity index (χ4n) is 4.09. The third kappa shape index (κ3) is 4.96. The number of hydrogen-bond acceptors (Lipinski definition) is 5. The molecular weight excluding hydrogens is 454 g/mol. The molecule has 9 heteroatoms. The van der Waals surface area contributed by atoms with E-state index in [4.69, 9.17) is 12.2 Å². The molecule has 2 aromatic carbocycles. The fourth-order valence-corrected chi connectivity index (χ4v) is 5.76. The van der Waals surface area contributed by atoms with Gasteiger partial charge in [0.25, 0.3) is 0 Å². The summed E-state index contributed by atoms with van der Waals surface area (Å²) in [4.78, 5) is 2.55. The van der Waals surface area contributed by atoms with Gasteiger partial charge < -0.3 is 0 Å². The molecule has 1 unspecified atom stereocenters. The average Bonchev–Trinajstić information content (AvgIpc) is 3.19. The number of rotatable bonds is 7. The van der Waals surface area contributed by atoms with Crippen molar-refractivity contribution in [3.8, 4) is 5.69 Å². The number of nitrogens with zero attached hydrogens (tertiary/aromatic N) is 5. The van der Waals surface area contributed by atoms with Crippen molar-refractivity contribution in [3.05, 3.63) is 70.8 Å². The van der Waals surface area contributed by atoms with Crippen molar-refractivity contribution in [3.63, 3.8) is 0 Å². The first-order chi connectivity index (χ1) is 15.8. The molecule has 1 atom stereocenters. The normalized spacial score (nSPS) is 16.7. The van der Waals surface area contributed by atoms with Crippen molar-refractivity contribution in [2.45, 2.75) is 44.7 Å². The molecule has 0 radical (unpaired) electrons. The van der Waals surface area contributed by atoms with E-state index in [9.17, 15) is 8.42 Å². The molecule has 0 spiro atoms. The van der Waals surface area contributed by atoms with Gasteiger partial charge in [-0.15, -0.1) is 0 Å². The monoisotopic (exact) mass is 485 g/mol. The lowest BCUT2D eigenvalue weighted by atomic mass is 9.99.